The standard InChI is InChI=1S/C8H13N3S/c12-8-5-10-11(6-8)7-1-3-9-4-2-7/h5-7,9,12H,1-4H2. The highest BCUT2D eigenvalue weighted by Crippen LogP contribution is 2.18. The van der Waals surface area contributed by atoms with Gasteiger partial charge in [0.1, 0.15) is 0 Å². The van der Waals surface area contributed by atoms with E-state index in [-0.39, 0.29) is 0 Å². The smallest absolute Gasteiger partial charge is 0.0623 e. The molecular weight excluding hydrogens is 170 g/mol. The molecule has 3 nitrogen and oxygen atoms in total. The summed E-state index contributed by atoms with van der Waals surface area (Å²) >= 11 is 4.23. The van der Waals surface area contributed by atoms with Gasteiger partial charge in [0.15, 0.2) is 0 Å². The zero-order valence-corrected chi connectivity index (χ0v) is 7.80. The van der Waals surface area contributed by atoms with Gasteiger partial charge in [0.25, 0.3) is 0 Å². The van der Waals surface area contributed by atoms with E-state index < -0.39 is 0 Å². The van der Waals surface area contributed by atoms with E-state index in [9.17, 15) is 0 Å². The van der Waals surface area contributed by atoms with E-state index in [4.69, 9.17) is 0 Å². The summed E-state index contributed by atoms with van der Waals surface area (Å²) in [5.74, 6) is 0. The highest BCUT2D eigenvalue weighted by molar-refractivity contribution is 7.80. The number of rotatable bonds is 1. The Balaban J connectivity index is 2.08. The normalized spacial score (nSPS) is 19.8. The monoisotopic (exact) mass is 183 g/mol. The molecule has 2 heterocycles. The summed E-state index contributed by atoms with van der Waals surface area (Å²) in [6, 6.07) is 0.576. The second kappa shape index (κ2) is 3.49. The van der Waals surface area contributed by atoms with Crippen LogP contribution in [0.2, 0.25) is 0 Å². The quantitative estimate of drug-likeness (QED) is 0.638. The topological polar surface area (TPSA) is 29.9 Å². The summed E-state index contributed by atoms with van der Waals surface area (Å²) in [7, 11) is 0. The van der Waals surface area contributed by atoms with Gasteiger partial charge in [-0.3, -0.25) is 4.68 Å². The van der Waals surface area contributed by atoms with Gasteiger partial charge in [0.05, 0.1) is 12.2 Å². The van der Waals surface area contributed by atoms with E-state index in [1.807, 2.05) is 10.9 Å². The lowest BCUT2D eigenvalue weighted by molar-refractivity contribution is 0.343. The molecule has 1 fully saturated rings. The molecule has 0 spiro atoms. The van der Waals surface area contributed by atoms with Crippen LogP contribution in [0.25, 0.3) is 0 Å². The summed E-state index contributed by atoms with van der Waals surface area (Å²) in [6.45, 7) is 2.21. The third-order valence-corrected chi connectivity index (χ3v) is 2.50. The summed E-state index contributed by atoms with van der Waals surface area (Å²) in [5, 5.41) is 7.58. The van der Waals surface area contributed by atoms with Crippen molar-refractivity contribution in [2.45, 2.75) is 23.8 Å². The van der Waals surface area contributed by atoms with Crippen molar-refractivity contribution >= 4 is 12.6 Å². The maximum Gasteiger partial charge on any atom is 0.0623 e. The van der Waals surface area contributed by atoms with Crippen LogP contribution >= 0.6 is 12.6 Å². The molecule has 1 aromatic rings. The molecule has 1 aromatic heterocycles. The Morgan fingerprint density at radius 1 is 1.50 bits per heavy atom. The van der Waals surface area contributed by atoms with E-state index in [2.05, 4.69) is 23.0 Å². The largest absolute Gasteiger partial charge is 0.317 e. The molecule has 0 aliphatic carbocycles. The van der Waals surface area contributed by atoms with Crippen LogP contribution < -0.4 is 5.32 Å². The minimum absolute atomic E-state index is 0.576. The predicted molar refractivity (Wildman–Crippen MR) is 50.6 cm³/mol. The molecule has 1 aliphatic rings. The van der Waals surface area contributed by atoms with Gasteiger partial charge < -0.3 is 5.32 Å². The Labute approximate surface area is 77.6 Å². The van der Waals surface area contributed by atoms with Gasteiger partial charge in [-0.1, -0.05) is 0 Å². The van der Waals surface area contributed by atoms with E-state index in [1.165, 1.54) is 12.8 Å². The van der Waals surface area contributed by atoms with Crippen molar-refractivity contribution in [3.05, 3.63) is 12.4 Å². The van der Waals surface area contributed by atoms with E-state index in [1.54, 1.807) is 6.20 Å². The minimum atomic E-state index is 0.576. The fourth-order valence-electron chi connectivity index (χ4n) is 1.60. The maximum atomic E-state index is 4.25. The van der Waals surface area contributed by atoms with Gasteiger partial charge in [0, 0.05) is 11.1 Å². The molecule has 0 atom stereocenters. The Morgan fingerprint density at radius 2 is 2.25 bits per heavy atom. The molecule has 2 rings (SSSR count). The lowest BCUT2D eigenvalue weighted by Gasteiger charge is -2.22. The second-order valence-electron chi connectivity index (χ2n) is 3.16. The first-order chi connectivity index (χ1) is 5.86. The Hall–Kier alpha value is -0.480. The molecule has 1 saturated heterocycles. The molecule has 0 amide bonds. The molecular formula is C8H13N3S. The second-order valence-corrected chi connectivity index (χ2v) is 3.68. The minimum Gasteiger partial charge on any atom is -0.317 e. The van der Waals surface area contributed by atoms with Crippen LogP contribution in [0.1, 0.15) is 18.9 Å². The average molecular weight is 183 g/mol. The number of aromatic nitrogens is 2. The van der Waals surface area contributed by atoms with Gasteiger partial charge in [-0.25, -0.2) is 0 Å². The lowest BCUT2D eigenvalue weighted by atomic mass is 10.1. The van der Waals surface area contributed by atoms with Gasteiger partial charge in [-0.15, -0.1) is 12.6 Å². The summed E-state index contributed by atoms with van der Waals surface area (Å²) in [5.41, 5.74) is 0. The SMILES string of the molecule is Sc1cnn(C2CCNCC2)c1. The number of hydrogen-bond donors (Lipinski definition) is 2. The van der Waals surface area contributed by atoms with Crippen LogP contribution in [0, 0.1) is 0 Å². The molecule has 0 saturated carbocycles. The predicted octanol–water partition coefficient (Wildman–Crippen LogP) is 1.10. The van der Waals surface area contributed by atoms with Gasteiger partial charge in [0.2, 0.25) is 0 Å². The van der Waals surface area contributed by atoms with Crippen molar-refractivity contribution in [2.24, 2.45) is 0 Å². The fourth-order valence-corrected chi connectivity index (χ4v) is 1.77. The summed E-state index contributed by atoms with van der Waals surface area (Å²) in [4.78, 5) is 0.952. The van der Waals surface area contributed by atoms with Crippen molar-refractivity contribution in [2.75, 3.05) is 13.1 Å². The Kier molecular flexibility index (Phi) is 2.37. The number of nitrogens with one attached hydrogen (secondary N) is 1. The van der Waals surface area contributed by atoms with Crippen LogP contribution in [0.15, 0.2) is 17.3 Å². The molecule has 4 heteroatoms. The zero-order valence-electron chi connectivity index (χ0n) is 6.90. The molecule has 0 radical (unpaired) electrons. The average Bonchev–Trinajstić information content (AvgIpc) is 2.54. The van der Waals surface area contributed by atoms with E-state index in [0.717, 1.165) is 18.0 Å². The molecule has 66 valence electrons. The summed E-state index contributed by atoms with van der Waals surface area (Å²) in [6.07, 6.45) is 6.15. The number of piperidine rings is 1. The van der Waals surface area contributed by atoms with Gasteiger partial charge >= 0.3 is 0 Å². The first-order valence-corrected chi connectivity index (χ1v) is 4.75. The van der Waals surface area contributed by atoms with E-state index >= 15 is 0 Å². The number of nitrogens with zero attached hydrogens (tertiary/aromatic N) is 2. The highest BCUT2D eigenvalue weighted by atomic mass is 32.1. The number of hydrogen-bond acceptors (Lipinski definition) is 3. The van der Waals surface area contributed by atoms with E-state index in [0.29, 0.717) is 6.04 Å². The third kappa shape index (κ3) is 1.64. The van der Waals surface area contributed by atoms with Crippen LogP contribution in [0.5, 0.6) is 0 Å². The van der Waals surface area contributed by atoms with Crippen molar-refractivity contribution in [3.63, 3.8) is 0 Å². The van der Waals surface area contributed by atoms with Crippen molar-refractivity contribution < 1.29 is 0 Å². The first-order valence-electron chi connectivity index (χ1n) is 4.30. The molecule has 0 bridgehead atoms. The lowest BCUT2D eigenvalue weighted by Crippen LogP contribution is -2.29. The Bertz CT molecular complexity index is 253. The fraction of sp³-hybridized carbons (Fsp3) is 0.625. The molecule has 1 N–H and O–H groups in total. The molecule has 0 unspecified atom stereocenters. The van der Waals surface area contributed by atoms with Gasteiger partial charge in [-0.05, 0) is 25.9 Å². The first kappa shape index (κ1) is 8.13. The zero-order chi connectivity index (χ0) is 8.39. The number of thiol groups is 1. The van der Waals surface area contributed by atoms with Gasteiger partial charge in [-0.2, -0.15) is 5.10 Å². The molecule has 0 aromatic carbocycles. The molecule has 1 aliphatic heterocycles. The van der Waals surface area contributed by atoms with Crippen molar-refractivity contribution in [1.82, 2.24) is 15.1 Å². The van der Waals surface area contributed by atoms with Crippen molar-refractivity contribution in [3.8, 4) is 0 Å². The maximum absolute atomic E-state index is 4.25. The molecule has 12 heavy (non-hydrogen) atoms. The van der Waals surface area contributed by atoms with Crippen LogP contribution in [0.3, 0.4) is 0 Å². The highest BCUT2D eigenvalue weighted by Gasteiger charge is 2.14. The van der Waals surface area contributed by atoms with Crippen LogP contribution in [-0.2, 0) is 0 Å². The van der Waals surface area contributed by atoms with Crippen LogP contribution in [0.4, 0.5) is 0 Å². The van der Waals surface area contributed by atoms with Crippen molar-refractivity contribution in [1.29, 1.82) is 0 Å². The van der Waals surface area contributed by atoms with Crippen LogP contribution in [-0.4, -0.2) is 22.9 Å². The summed E-state index contributed by atoms with van der Waals surface area (Å²) < 4.78 is 2.03. The third-order valence-electron chi connectivity index (χ3n) is 2.27. The Morgan fingerprint density at radius 3 is 2.83 bits per heavy atom.